The largest absolute Gasteiger partial charge is 0.303 e. The van der Waals surface area contributed by atoms with Crippen molar-refractivity contribution in [3.8, 4) is 22.4 Å². The summed E-state index contributed by atoms with van der Waals surface area (Å²) in [6.45, 7) is 1.87. The number of nitrogens with one attached hydrogen (secondary N) is 3. The van der Waals surface area contributed by atoms with Gasteiger partial charge in [0.15, 0.2) is 5.82 Å². The third-order valence-corrected chi connectivity index (χ3v) is 4.53. The van der Waals surface area contributed by atoms with E-state index in [-0.39, 0.29) is 17.4 Å². The first-order valence-electron chi connectivity index (χ1n) is 8.45. The summed E-state index contributed by atoms with van der Waals surface area (Å²) < 4.78 is 13.1. The standard InChI is InChI=1S/C20H15ClFN5O/c1-11-18(13-2-6-14(21)7-3-13)19(27-24-11)23-20(28)17-10-16(25-26-17)12-4-8-15(22)9-5-12/h2-10H,1H3,(H,25,26)(H2,23,24,27,28). The quantitative estimate of drug-likeness (QED) is 0.463. The Labute approximate surface area is 164 Å². The van der Waals surface area contributed by atoms with E-state index in [1.165, 1.54) is 12.1 Å². The minimum absolute atomic E-state index is 0.266. The van der Waals surface area contributed by atoms with Crippen molar-refractivity contribution in [1.82, 2.24) is 20.4 Å². The summed E-state index contributed by atoms with van der Waals surface area (Å²) in [4.78, 5) is 12.6. The topological polar surface area (TPSA) is 86.5 Å². The minimum Gasteiger partial charge on any atom is -0.303 e. The smallest absolute Gasteiger partial charge is 0.274 e. The van der Waals surface area contributed by atoms with Crippen molar-refractivity contribution in [2.24, 2.45) is 0 Å². The first kappa shape index (κ1) is 17.9. The van der Waals surface area contributed by atoms with Gasteiger partial charge in [-0.2, -0.15) is 10.2 Å². The van der Waals surface area contributed by atoms with Gasteiger partial charge in [0.05, 0.1) is 5.69 Å². The van der Waals surface area contributed by atoms with Crippen LogP contribution in [0, 0.1) is 12.7 Å². The zero-order valence-corrected chi connectivity index (χ0v) is 15.5. The lowest BCUT2D eigenvalue weighted by Crippen LogP contribution is -2.13. The van der Waals surface area contributed by atoms with Gasteiger partial charge in [-0.1, -0.05) is 23.7 Å². The molecule has 3 N–H and O–H groups in total. The highest BCUT2D eigenvalue weighted by Crippen LogP contribution is 2.30. The molecule has 0 aliphatic carbocycles. The summed E-state index contributed by atoms with van der Waals surface area (Å²) in [6, 6.07) is 14.8. The normalized spacial score (nSPS) is 10.8. The highest BCUT2D eigenvalue weighted by atomic mass is 35.5. The van der Waals surface area contributed by atoms with Gasteiger partial charge in [0, 0.05) is 21.8 Å². The second-order valence-electron chi connectivity index (χ2n) is 6.21. The Morgan fingerprint density at radius 2 is 1.68 bits per heavy atom. The van der Waals surface area contributed by atoms with E-state index in [2.05, 4.69) is 25.7 Å². The number of anilines is 1. The Morgan fingerprint density at radius 1 is 1.00 bits per heavy atom. The Kier molecular flexibility index (Phi) is 4.67. The SMILES string of the molecule is Cc1[nH]nc(NC(=O)c2cc(-c3ccc(F)cc3)n[nH]2)c1-c1ccc(Cl)cc1. The van der Waals surface area contributed by atoms with Crippen LogP contribution in [-0.4, -0.2) is 26.3 Å². The number of hydrogen-bond acceptors (Lipinski definition) is 3. The molecular weight excluding hydrogens is 381 g/mol. The summed E-state index contributed by atoms with van der Waals surface area (Å²) in [5.41, 5.74) is 3.98. The van der Waals surface area contributed by atoms with Gasteiger partial charge in [-0.05, 0) is 55.0 Å². The van der Waals surface area contributed by atoms with Crippen LogP contribution in [0.5, 0.6) is 0 Å². The van der Waals surface area contributed by atoms with E-state index in [4.69, 9.17) is 11.6 Å². The van der Waals surface area contributed by atoms with Crippen LogP contribution >= 0.6 is 11.6 Å². The third-order valence-electron chi connectivity index (χ3n) is 4.27. The molecule has 4 rings (SSSR count). The Morgan fingerprint density at radius 3 is 2.39 bits per heavy atom. The average Bonchev–Trinajstić information content (AvgIpc) is 3.31. The third kappa shape index (κ3) is 3.52. The lowest BCUT2D eigenvalue weighted by atomic mass is 10.1. The van der Waals surface area contributed by atoms with Crippen LogP contribution in [0.25, 0.3) is 22.4 Å². The molecule has 0 saturated carbocycles. The minimum atomic E-state index is -0.387. The molecular formula is C20H15ClFN5O. The zero-order chi connectivity index (χ0) is 19.7. The van der Waals surface area contributed by atoms with E-state index >= 15 is 0 Å². The van der Waals surface area contributed by atoms with Crippen molar-refractivity contribution >= 4 is 23.3 Å². The molecule has 28 heavy (non-hydrogen) atoms. The van der Waals surface area contributed by atoms with Crippen LogP contribution in [0.4, 0.5) is 10.2 Å². The van der Waals surface area contributed by atoms with E-state index in [9.17, 15) is 9.18 Å². The number of aromatic nitrogens is 4. The van der Waals surface area contributed by atoms with Crippen molar-refractivity contribution in [3.63, 3.8) is 0 Å². The molecule has 0 fully saturated rings. The fourth-order valence-electron chi connectivity index (χ4n) is 2.87. The van der Waals surface area contributed by atoms with Gasteiger partial charge in [0.2, 0.25) is 0 Å². The van der Waals surface area contributed by atoms with Gasteiger partial charge in [0.1, 0.15) is 11.5 Å². The molecule has 1 amide bonds. The zero-order valence-electron chi connectivity index (χ0n) is 14.8. The number of carbonyl (C=O) groups excluding carboxylic acids is 1. The number of halogens is 2. The van der Waals surface area contributed by atoms with Crippen LogP contribution in [0.1, 0.15) is 16.2 Å². The number of carbonyl (C=O) groups is 1. The number of amides is 1. The molecule has 6 nitrogen and oxygen atoms in total. The molecule has 8 heteroatoms. The molecule has 2 heterocycles. The van der Waals surface area contributed by atoms with Gasteiger partial charge >= 0.3 is 0 Å². The van der Waals surface area contributed by atoms with Gasteiger partial charge in [-0.3, -0.25) is 15.0 Å². The first-order chi connectivity index (χ1) is 13.5. The first-order valence-corrected chi connectivity index (χ1v) is 8.82. The van der Waals surface area contributed by atoms with E-state index < -0.39 is 0 Å². The fraction of sp³-hybridized carbons (Fsp3) is 0.0500. The van der Waals surface area contributed by atoms with E-state index in [1.54, 1.807) is 30.3 Å². The molecule has 140 valence electrons. The van der Waals surface area contributed by atoms with Crippen LogP contribution in [0.2, 0.25) is 5.02 Å². The molecule has 0 unspecified atom stereocenters. The van der Waals surface area contributed by atoms with Crippen molar-refractivity contribution < 1.29 is 9.18 Å². The molecule has 2 aromatic heterocycles. The lowest BCUT2D eigenvalue weighted by molar-refractivity contribution is 0.102. The van der Waals surface area contributed by atoms with Crippen molar-refractivity contribution in [3.05, 3.63) is 76.8 Å². The maximum atomic E-state index is 13.1. The molecule has 0 bridgehead atoms. The lowest BCUT2D eigenvalue weighted by Gasteiger charge is -2.05. The number of aryl methyl sites for hydroxylation is 1. The summed E-state index contributed by atoms with van der Waals surface area (Å²) in [7, 11) is 0. The maximum absolute atomic E-state index is 13.1. The van der Waals surface area contributed by atoms with Crippen molar-refractivity contribution in [2.75, 3.05) is 5.32 Å². The Hall–Kier alpha value is -3.45. The number of hydrogen-bond donors (Lipinski definition) is 3. The number of rotatable bonds is 4. The van der Waals surface area contributed by atoms with E-state index in [0.717, 1.165) is 16.8 Å². The fourth-order valence-corrected chi connectivity index (χ4v) is 3.00. The monoisotopic (exact) mass is 395 g/mol. The highest BCUT2D eigenvalue weighted by molar-refractivity contribution is 6.30. The number of H-pyrrole nitrogens is 2. The summed E-state index contributed by atoms with van der Waals surface area (Å²) >= 11 is 5.95. The van der Waals surface area contributed by atoms with Crippen LogP contribution in [0.15, 0.2) is 54.6 Å². The average molecular weight is 396 g/mol. The predicted octanol–water partition coefficient (Wildman–Crippen LogP) is 4.82. The predicted molar refractivity (Wildman–Crippen MR) is 106 cm³/mol. The highest BCUT2D eigenvalue weighted by Gasteiger charge is 2.17. The van der Waals surface area contributed by atoms with Gasteiger partial charge in [-0.15, -0.1) is 0 Å². The summed E-state index contributed by atoms with van der Waals surface area (Å²) in [6.07, 6.45) is 0. The van der Waals surface area contributed by atoms with Gasteiger partial charge in [0.25, 0.3) is 5.91 Å². The molecule has 0 aliphatic heterocycles. The van der Waals surface area contributed by atoms with Crippen LogP contribution < -0.4 is 5.32 Å². The molecule has 0 atom stereocenters. The van der Waals surface area contributed by atoms with Crippen LogP contribution in [0.3, 0.4) is 0 Å². The van der Waals surface area contributed by atoms with E-state index in [1.807, 2.05) is 19.1 Å². The molecule has 0 radical (unpaired) electrons. The molecule has 4 aromatic rings. The molecule has 0 saturated heterocycles. The van der Waals surface area contributed by atoms with Gasteiger partial charge < -0.3 is 5.32 Å². The molecule has 0 spiro atoms. The van der Waals surface area contributed by atoms with Crippen LogP contribution in [-0.2, 0) is 0 Å². The second-order valence-corrected chi connectivity index (χ2v) is 6.64. The van der Waals surface area contributed by atoms with Crippen molar-refractivity contribution in [1.29, 1.82) is 0 Å². The number of benzene rings is 2. The molecule has 2 aromatic carbocycles. The Balaban J connectivity index is 1.58. The molecule has 0 aliphatic rings. The van der Waals surface area contributed by atoms with E-state index in [0.29, 0.717) is 22.1 Å². The summed E-state index contributed by atoms with van der Waals surface area (Å²) in [5.74, 6) is -0.314. The van der Waals surface area contributed by atoms with Gasteiger partial charge in [-0.25, -0.2) is 4.39 Å². The Bertz CT molecular complexity index is 1130. The summed E-state index contributed by atoms with van der Waals surface area (Å²) in [5, 5.41) is 17.3. The maximum Gasteiger partial charge on any atom is 0.274 e. The second kappa shape index (κ2) is 7.28. The number of nitrogens with zero attached hydrogens (tertiary/aromatic N) is 2. The van der Waals surface area contributed by atoms with Crippen molar-refractivity contribution in [2.45, 2.75) is 6.92 Å². The number of aromatic amines is 2.